The average molecular weight is 253 g/mol. The first kappa shape index (κ1) is 13.7. The summed E-state index contributed by atoms with van der Waals surface area (Å²) in [6, 6.07) is 8.92. The van der Waals surface area contributed by atoms with Gasteiger partial charge in [-0.05, 0) is 63.8 Å². The monoisotopic (exact) mass is 253 g/mol. The quantitative estimate of drug-likeness (QED) is 0.767. The van der Waals surface area contributed by atoms with Crippen molar-refractivity contribution in [2.45, 2.75) is 41.5 Å². The molecule has 0 amide bonds. The predicted molar refractivity (Wildman–Crippen MR) is 84.6 cm³/mol. The van der Waals surface area contributed by atoms with Crippen LogP contribution in [0.5, 0.6) is 0 Å². The third-order valence-corrected chi connectivity index (χ3v) is 3.60. The van der Waals surface area contributed by atoms with Gasteiger partial charge in [-0.1, -0.05) is 35.4 Å². The highest BCUT2D eigenvalue weighted by Gasteiger charge is 2.08. The van der Waals surface area contributed by atoms with Crippen molar-refractivity contribution >= 4 is 11.4 Å². The molecule has 0 fully saturated rings. The van der Waals surface area contributed by atoms with E-state index in [9.17, 15) is 0 Å². The lowest BCUT2D eigenvalue weighted by atomic mass is 10.0. The standard InChI is InChI=1S/C18H23N/c1-11-7-13(3)17(14(4)8-11)19-18-15(5)9-12(2)10-16(18)6/h7-10,19H,1-6H3. The van der Waals surface area contributed by atoms with Gasteiger partial charge < -0.3 is 5.32 Å². The minimum atomic E-state index is 1.24. The molecule has 1 heteroatoms. The van der Waals surface area contributed by atoms with Crippen molar-refractivity contribution in [3.63, 3.8) is 0 Å². The van der Waals surface area contributed by atoms with Gasteiger partial charge in [-0.25, -0.2) is 0 Å². The highest BCUT2D eigenvalue weighted by Crippen LogP contribution is 2.30. The second-order valence-electron chi connectivity index (χ2n) is 5.67. The van der Waals surface area contributed by atoms with Crippen LogP contribution in [0.4, 0.5) is 11.4 Å². The van der Waals surface area contributed by atoms with E-state index in [4.69, 9.17) is 0 Å². The van der Waals surface area contributed by atoms with E-state index in [0.29, 0.717) is 0 Å². The van der Waals surface area contributed by atoms with Gasteiger partial charge in [0, 0.05) is 11.4 Å². The molecule has 2 aromatic rings. The van der Waals surface area contributed by atoms with Crippen LogP contribution in [-0.4, -0.2) is 0 Å². The first-order valence-electron chi connectivity index (χ1n) is 6.81. The molecule has 0 saturated heterocycles. The molecule has 2 rings (SSSR count). The molecule has 1 N–H and O–H groups in total. The second kappa shape index (κ2) is 5.08. The van der Waals surface area contributed by atoms with Crippen LogP contribution >= 0.6 is 0 Å². The fourth-order valence-electron chi connectivity index (χ4n) is 2.88. The normalized spacial score (nSPS) is 10.6. The van der Waals surface area contributed by atoms with Gasteiger partial charge in [-0.2, -0.15) is 0 Å². The molecule has 0 bridgehead atoms. The zero-order valence-electron chi connectivity index (χ0n) is 12.8. The van der Waals surface area contributed by atoms with Gasteiger partial charge in [-0.15, -0.1) is 0 Å². The molecule has 100 valence electrons. The molecule has 0 aliphatic rings. The number of aryl methyl sites for hydroxylation is 6. The molecule has 2 aromatic carbocycles. The Balaban J connectivity index is 2.48. The summed E-state index contributed by atoms with van der Waals surface area (Å²) in [5.41, 5.74) is 10.3. The SMILES string of the molecule is Cc1cc(C)c(Nc2c(C)cc(C)cc2C)c(C)c1. The highest BCUT2D eigenvalue weighted by atomic mass is 14.9. The summed E-state index contributed by atoms with van der Waals surface area (Å²) in [5, 5.41) is 3.63. The predicted octanol–water partition coefficient (Wildman–Crippen LogP) is 5.28. The summed E-state index contributed by atoms with van der Waals surface area (Å²) in [6.45, 7) is 13.0. The van der Waals surface area contributed by atoms with E-state index in [1.54, 1.807) is 0 Å². The molecule has 0 aliphatic carbocycles. The number of hydrogen-bond donors (Lipinski definition) is 1. The molecule has 0 unspecified atom stereocenters. The van der Waals surface area contributed by atoms with Crippen LogP contribution in [0.25, 0.3) is 0 Å². The van der Waals surface area contributed by atoms with Gasteiger partial charge in [0.05, 0.1) is 0 Å². The molecule has 19 heavy (non-hydrogen) atoms. The zero-order valence-corrected chi connectivity index (χ0v) is 12.8. The Bertz CT molecular complexity index is 522. The van der Waals surface area contributed by atoms with Crippen LogP contribution in [0.15, 0.2) is 24.3 Å². The maximum absolute atomic E-state index is 3.63. The lowest BCUT2D eigenvalue weighted by Gasteiger charge is -2.18. The van der Waals surface area contributed by atoms with E-state index in [-0.39, 0.29) is 0 Å². The molecule has 0 saturated carbocycles. The van der Waals surface area contributed by atoms with E-state index in [2.05, 4.69) is 71.1 Å². The Kier molecular flexibility index (Phi) is 3.66. The van der Waals surface area contributed by atoms with Crippen molar-refractivity contribution in [3.8, 4) is 0 Å². The molecule has 1 nitrogen and oxygen atoms in total. The van der Waals surface area contributed by atoms with Gasteiger partial charge in [0.2, 0.25) is 0 Å². The van der Waals surface area contributed by atoms with Crippen LogP contribution < -0.4 is 5.32 Å². The van der Waals surface area contributed by atoms with Crippen LogP contribution in [0.1, 0.15) is 33.4 Å². The Morgan fingerprint density at radius 2 is 0.789 bits per heavy atom. The average Bonchev–Trinajstić information content (AvgIpc) is 2.25. The van der Waals surface area contributed by atoms with E-state index in [1.165, 1.54) is 44.8 Å². The maximum atomic E-state index is 3.63. The van der Waals surface area contributed by atoms with Crippen LogP contribution in [0.2, 0.25) is 0 Å². The number of benzene rings is 2. The minimum Gasteiger partial charge on any atom is -0.355 e. The third kappa shape index (κ3) is 2.81. The third-order valence-electron chi connectivity index (χ3n) is 3.60. The number of nitrogens with one attached hydrogen (secondary N) is 1. The second-order valence-corrected chi connectivity index (χ2v) is 5.67. The molecular weight excluding hydrogens is 230 g/mol. The summed E-state index contributed by atoms with van der Waals surface area (Å²) in [7, 11) is 0. The van der Waals surface area contributed by atoms with Crippen molar-refractivity contribution < 1.29 is 0 Å². The van der Waals surface area contributed by atoms with Crippen molar-refractivity contribution in [1.29, 1.82) is 0 Å². The molecule has 0 spiro atoms. The fraction of sp³-hybridized carbons (Fsp3) is 0.333. The Morgan fingerprint density at radius 1 is 0.526 bits per heavy atom. The first-order valence-corrected chi connectivity index (χ1v) is 6.81. The van der Waals surface area contributed by atoms with Gasteiger partial charge in [0.25, 0.3) is 0 Å². The fourth-order valence-corrected chi connectivity index (χ4v) is 2.88. The Hall–Kier alpha value is -1.76. The van der Waals surface area contributed by atoms with Gasteiger partial charge in [0.1, 0.15) is 0 Å². The van der Waals surface area contributed by atoms with Crippen molar-refractivity contribution in [1.82, 2.24) is 0 Å². The highest BCUT2D eigenvalue weighted by molar-refractivity contribution is 5.71. The van der Waals surface area contributed by atoms with E-state index in [1.807, 2.05) is 0 Å². The number of rotatable bonds is 2. The molecule has 0 radical (unpaired) electrons. The maximum Gasteiger partial charge on any atom is 0.0443 e. The largest absolute Gasteiger partial charge is 0.355 e. The van der Waals surface area contributed by atoms with E-state index in [0.717, 1.165) is 0 Å². The smallest absolute Gasteiger partial charge is 0.0443 e. The van der Waals surface area contributed by atoms with E-state index < -0.39 is 0 Å². The van der Waals surface area contributed by atoms with Crippen molar-refractivity contribution in [3.05, 3.63) is 57.6 Å². The van der Waals surface area contributed by atoms with Gasteiger partial charge in [-0.3, -0.25) is 0 Å². The molecule has 0 aromatic heterocycles. The first-order chi connectivity index (χ1) is 8.88. The molecule has 0 heterocycles. The minimum absolute atomic E-state index is 1.24. The molecule has 0 atom stereocenters. The van der Waals surface area contributed by atoms with Crippen LogP contribution in [-0.2, 0) is 0 Å². The van der Waals surface area contributed by atoms with Crippen molar-refractivity contribution in [2.75, 3.05) is 5.32 Å². The Labute approximate surface area is 116 Å². The summed E-state index contributed by atoms with van der Waals surface area (Å²) in [6.07, 6.45) is 0. The van der Waals surface area contributed by atoms with Gasteiger partial charge >= 0.3 is 0 Å². The van der Waals surface area contributed by atoms with Crippen LogP contribution in [0.3, 0.4) is 0 Å². The summed E-state index contributed by atoms with van der Waals surface area (Å²) >= 11 is 0. The molecular formula is C18H23N. The van der Waals surface area contributed by atoms with Crippen molar-refractivity contribution in [2.24, 2.45) is 0 Å². The summed E-state index contributed by atoms with van der Waals surface area (Å²) in [4.78, 5) is 0. The lowest BCUT2D eigenvalue weighted by Crippen LogP contribution is -2.01. The summed E-state index contributed by atoms with van der Waals surface area (Å²) in [5.74, 6) is 0. The zero-order chi connectivity index (χ0) is 14.2. The number of hydrogen-bond acceptors (Lipinski definition) is 1. The van der Waals surface area contributed by atoms with E-state index >= 15 is 0 Å². The molecule has 0 aliphatic heterocycles. The lowest BCUT2D eigenvalue weighted by molar-refractivity contribution is 1.27. The summed E-state index contributed by atoms with van der Waals surface area (Å²) < 4.78 is 0. The Morgan fingerprint density at radius 3 is 1.05 bits per heavy atom. The topological polar surface area (TPSA) is 12.0 Å². The van der Waals surface area contributed by atoms with Gasteiger partial charge in [0.15, 0.2) is 0 Å². The van der Waals surface area contributed by atoms with Crippen LogP contribution in [0, 0.1) is 41.5 Å². The number of anilines is 2.